The molecule has 1 aromatic heterocycles. The van der Waals surface area contributed by atoms with Crippen LogP contribution in [0.15, 0.2) is 12.4 Å². The van der Waals surface area contributed by atoms with Gasteiger partial charge < -0.3 is 9.47 Å². The topological polar surface area (TPSA) is 82.5 Å². The van der Waals surface area contributed by atoms with Gasteiger partial charge in [0.2, 0.25) is 0 Å². The summed E-state index contributed by atoms with van der Waals surface area (Å²) in [5, 5.41) is 6.32. The van der Waals surface area contributed by atoms with Crippen LogP contribution in [0, 0.1) is 0 Å². The average molecular weight is 227 g/mol. The van der Waals surface area contributed by atoms with Crippen LogP contribution < -0.4 is 5.32 Å². The second kappa shape index (κ2) is 5.74. The minimum absolute atomic E-state index is 0.000997. The molecule has 0 saturated carbocycles. The van der Waals surface area contributed by atoms with Gasteiger partial charge in [-0.05, 0) is 6.92 Å². The van der Waals surface area contributed by atoms with Gasteiger partial charge in [-0.25, -0.2) is 4.79 Å². The van der Waals surface area contributed by atoms with Gasteiger partial charge in [0.15, 0.2) is 0 Å². The number of carbonyl (C=O) groups excluding carboxylic acids is 2. The van der Waals surface area contributed by atoms with E-state index in [1.54, 1.807) is 6.92 Å². The van der Waals surface area contributed by atoms with E-state index in [9.17, 15) is 9.59 Å². The van der Waals surface area contributed by atoms with Gasteiger partial charge in [-0.2, -0.15) is 5.10 Å². The van der Waals surface area contributed by atoms with Crippen LogP contribution in [0.3, 0.4) is 0 Å². The predicted molar refractivity (Wildman–Crippen MR) is 54.9 cm³/mol. The molecule has 0 bridgehead atoms. The summed E-state index contributed by atoms with van der Waals surface area (Å²) >= 11 is 0. The average Bonchev–Trinajstić information content (AvgIpc) is 2.65. The first-order chi connectivity index (χ1) is 7.65. The van der Waals surface area contributed by atoms with E-state index >= 15 is 0 Å². The molecule has 0 aliphatic rings. The second-order valence-corrected chi connectivity index (χ2v) is 2.85. The zero-order valence-electron chi connectivity index (χ0n) is 9.10. The third kappa shape index (κ3) is 3.60. The van der Waals surface area contributed by atoms with Crippen molar-refractivity contribution in [3.8, 4) is 0 Å². The molecule has 0 aliphatic carbocycles. The Labute approximate surface area is 92.3 Å². The number of amides is 1. The van der Waals surface area contributed by atoms with Crippen LogP contribution in [0.4, 0.5) is 10.5 Å². The van der Waals surface area contributed by atoms with Gasteiger partial charge in [-0.3, -0.25) is 14.8 Å². The highest BCUT2D eigenvalue weighted by Gasteiger charge is 2.06. The lowest BCUT2D eigenvalue weighted by Crippen LogP contribution is -2.13. The fourth-order valence-corrected chi connectivity index (χ4v) is 0.996. The molecule has 0 radical (unpaired) electrons. The number of nitrogens with one attached hydrogen (secondary N) is 1. The van der Waals surface area contributed by atoms with Gasteiger partial charge in [0.1, 0.15) is 6.54 Å². The monoisotopic (exact) mass is 227 g/mol. The van der Waals surface area contributed by atoms with E-state index in [1.165, 1.54) is 24.2 Å². The number of rotatable bonds is 4. The first-order valence-corrected chi connectivity index (χ1v) is 4.68. The maximum atomic E-state index is 11.0. The Bertz CT molecular complexity index is 375. The smallest absolute Gasteiger partial charge is 0.411 e. The molecule has 0 fully saturated rings. The predicted octanol–water partition coefficient (Wildman–Crippen LogP) is 0.624. The molecule has 0 aromatic carbocycles. The van der Waals surface area contributed by atoms with Gasteiger partial charge in [-0.1, -0.05) is 0 Å². The molecule has 16 heavy (non-hydrogen) atoms. The van der Waals surface area contributed by atoms with Gasteiger partial charge >= 0.3 is 12.1 Å². The molecule has 1 rings (SSSR count). The summed E-state index contributed by atoms with van der Waals surface area (Å²) < 4.78 is 10.5. The first kappa shape index (κ1) is 12.0. The van der Waals surface area contributed by atoms with Crippen molar-refractivity contribution < 1.29 is 19.1 Å². The van der Waals surface area contributed by atoms with E-state index in [-0.39, 0.29) is 6.54 Å². The zero-order chi connectivity index (χ0) is 12.0. The van der Waals surface area contributed by atoms with Gasteiger partial charge in [0.05, 0.1) is 25.6 Å². The van der Waals surface area contributed by atoms with Crippen molar-refractivity contribution in [2.24, 2.45) is 0 Å². The fraction of sp³-hybridized carbons (Fsp3) is 0.444. The molecule has 1 heterocycles. The first-order valence-electron chi connectivity index (χ1n) is 4.68. The van der Waals surface area contributed by atoms with Crippen molar-refractivity contribution in [1.29, 1.82) is 0 Å². The number of ether oxygens (including phenoxy) is 2. The zero-order valence-corrected chi connectivity index (χ0v) is 9.10. The highest BCUT2D eigenvalue weighted by atomic mass is 16.5. The fourth-order valence-electron chi connectivity index (χ4n) is 0.996. The Morgan fingerprint density at radius 3 is 2.94 bits per heavy atom. The minimum Gasteiger partial charge on any atom is -0.468 e. The van der Waals surface area contributed by atoms with Crippen LogP contribution >= 0.6 is 0 Å². The van der Waals surface area contributed by atoms with Crippen molar-refractivity contribution in [3.63, 3.8) is 0 Å². The lowest BCUT2D eigenvalue weighted by atomic mass is 10.5. The van der Waals surface area contributed by atoms with Crippen molar-refractivity contribution in [3.05, 3.63) is 12.4 Å². The maximum absolute atomic E-state index is 11.0. The van der Waals surface area contributed by atoms with Crippen molar-refractivity contribution in [2.75, 3.05) is 19.0 Å². The maximum Gasteiger partial charge on any atom is 0.411 e. The molecular weight excluding hydrogens is 214 g/mol. The van der Waals surface area contributed by atoms with Crippen LogP contribution in [0.25, 0.3) is 0 Å². The Kier molecular flexibility index (Phi) is 4.31. The lowest BCUT2D eigenvalue weighted by Gasteiger charge is -2.01. The molecule has 0 saturated heterocycles. The number of aromatic nitrogens is 2. The number of methoxy groups -OCH3 is 1. The molecule has 1 N–H and O–H groups in total. The standard InChI is InChI=1S/C9H13N3O4/c1-3-16-9(14)11-7-4-10-12(5-7)6-8(13)15-2/h4-5H,3,6H2,1-2H3,(H,11,14). The third-order valence-electron chi connectivity index (χ3n) is 1.67. The molecule has 7 nitrogen and oxygen atoms in total. The van der Waals surface area contributed by atoms with Crippen molar-refractivity contribution >= 4 is 17.7 Å². The number of anilines is 1. The molecule has 0 aliphatic heterocycles. The quantitative estimate of drug-likeness (QED) is 0.762. The number of nitrogens with zero attached hydrogens (tertiary/aromatic N) is 2. The number of hydrogen-bond acceptors (Lipinski definition) is 5. The van der Waals surface area contributed by atoms with Gasteiger partial charge in [-0.15, -0.1) is 0 Å². The lowest BCUT2D eigenvalue weighted by molar-refractivity contribution is -0.141. The van der Waals surface area contributed by atoms with Crippen molar-refractivity contribution in [2.45, 2.75) is 13.5 Å². The molecule has 1 amide bonds. The number of carbonyl (C=O) groups is 2. The van der Waals surface area contributed by atoms with E-state index in [4.69, 9.17) is 0 Å². The van der Waals surface area contributed by atoms with Crippen LogP contribution in [0.5, 0.6) is 0 Å². The van der Waals surface area contributed by atoms with Crippen LogP contribution in [-0.4, -0.2) is 35.6 Å². The summed E-state index contributed by atoms with van der Waals surface area (Å²) in [6.45, 7) is 2.00. The molecule has 7 heteroatoms. The SMILES string of the molecule is CCOC(=O)Nc1cnn(CC(=O)OC)c1. The van der Waals surface area contributed by atoms with Gasteiger partial charge in [0, 0.05) is 6.20 Å². The Morgan fingerprint density at radius 1 is 1.56 bits per heavy atom. The summed E-state index contributed by atoms with van der Waals surface area (Å²) in [4.78, 5) is 22.0. The Balaban J connectivity index is 2.51. The van der Waals surface area contributed by atoms with E-state index in [0.29, 0.717) is 12.3 Å². The summed E-state index contributed by atoms with van der Waals surface area (Å²) in [5.41, 5.74) is 0.461. The molecule has 0 atom stereocenters. The number of hydrogen-bond donors (Lipinski definition) is 1. The normalized spacial score (nSPS) is 9.62. The highest BCUT2D eigenvalue weighted by molar-refractivity contribution is 5.84. The van der Waals surface area contributed by atoms with Crippen molar-refractivity contribution in [1.82, 2.24) is 9.78 Å². The van der Waals surface area contributed by atoms with E-state index in [1.807, 2.05) is 0 Å². The summed E-state index contributed by atoms with van der Waals surface area (Å²) in [6.07, 6.45) is 2.37. The Morgan fingerprint density at radius 2 is 2.31 bits per heavy atom. The summed E-state index contributed by atoms with van der Waals surface area (Å²) in [7, 11) is 1.30. The number of esters is 1. The molecular formula is C9H13N3O4. The molecule has 0 spiro atoms. The van der Waals surface area contributed by atoms with Crippen LogP contribution in [0.1, 0.15) is 6.92 Å². The van der Waals surface area contributed by atoms with Crippen LogP contribution in [-0.2, 0) is 20.8 Å². The van der Waals surface area contributed by atoms with E-state index < -0.39 is 12.1 Å². The molecule has 88 valence electrons. The largest absolute Gasteiger partial charge is 0.468 e. The van der Waals surface area contributed by atoms with E-state index in [0.717, 1.165) is 0 Å². The molecule has 1 aromatic rings. The third-order valence-corrected chi connectivity index (χ3v) is 1.67. The van der Waals surface area contributed by atoms with Gasteiger partial charge in [0.25, 0.3) is 0 Å². The summed E-state index contributed by atoms with van der Waals surface area (Å²) in [5.74, 6) is -0.411. The minimum atomic E-state index is -0.555. The second-order valence-electron chi connectivity index (χ2n) is 2.85. The van der Waals surface area contributed by atoms with E-state index in [2.05, 4.69) is 19.9 Å². The van der Waals surface area contributed by atoms with Crippen LogP contribution in [0.2, 0.25) is 0 Å². The Hall–Kier alpha value is -2.05. The molecule has 0 unspecified atom stereocenters. The summed E-state index contributed by atoms with van der Waals surface area (Å²) in [6, 6.07) is 0. The highest BCUT2D eigenvalue weighted by Crippen LogP contribution is 2.05.